The molecule has 2 aromatic rings. The summed E-state index contributed by atoms with van der Waals surface area (Å²) in [5.41, 5.74) is 2.12. The van der Waals surface area contributed by atoms with Crippen molar-refractivity contribution >= 4 is 22.0 Å². The number of halogens is 1. The van der Waals surface area contributed by atoms with Gasteiger partial charge in [0.1, 0.15) is 18.5 Å². The van der Waals surface area contributed by atoms with Gasteiger partial charge in [0.25, 0.3) is 0 Å². The van der Waals surface area contributed by atoms with Crippen LogP contribution in [-0.2, 0) is 11.3 Å². The van der Waals surface area contributed by atoms with Crippen LogP contribution in [0.4, 0.5) is 4.79 Å². The second kappa shape index (κ2) is 7.04. The second-order valence-corrected chi connectivity index (χ2v) is 6.49. The number of ether oxygens (including phenoxy) is 2. The molecule has 0 spiro atoms. The second-order valence-electron chi connectivity index (χ2n) is 5.57. The Kier molecular flexibility index (Phi) is 4.86. The number of carbonyl (C=O) groups excluding carboxylic acids is 1. The normalized spacial score (nSPS) is 18.9. The van der Waals surface area contributed by atoms with Crippen molar-refractivity contribution in [3.05, 3.63) is 64.1 Å². The molecule has 3 rings (SSSR count). The molecule has 1 aliphatic heterocycles. The van der Waals surface area contributed by atoms with Gasteiger partial charge in [-0.2, -0.15) is 0 Å². The zero-order valence-electron chi connectivity index (χ0n) is 12.8. The molecule has 120 valence electrons. The SMILES string of the molecule is C[C@H]1c2cc(Br)ccc2O[C@H]1CNC(=O)OCc1ccccc1. The standard InChI is InChI=1S/C18H18BrNO3/c1-12-15-9-14(19)7-8-16(15)23-17(12)10-20-18(21)22-11-13-5-3-2-4-6-13/h2-9,12,17H,10-11H2,1H3,(H,20,21)/t12-,17-/m0/s1. The van der Waals surface area contributed by atoms with Crippen LogP contribution in [-0.4, -0.2) is 18.7 Å². The Morgan fingerprint density at radius 3 is 2.83 bits per heavy atom. The Bertz CT molecular complexity index is 690. The first-order chi connectivity index (χ1) is 11.1. The summed E-state index contributed by atoms with van der Waals surface area (Å²) in [6.45, 7) is 2.78. The molecule has 1 aliphatic rings. The number of carbonyl (C=O) groups is 1. The summed E-state index contributed by atoms with van der Waals surface area (Å²) in [6, 6.07) is 15.6. The fourth-order valence-corrected chi connectivity index (χ4v) is 3.00. The molecule has 1 heterocycles. The van der Waals surface area contributed by atoms with Crippen molar-refractivity contribution in [3.63, 3.8) is 0 Å². The first kappa shape index (κ1) is 15.9. The van der Waals surface area contributed by atoms with E-state index in [0.717, 1.165) is 21.3 Å². The lowest BCUT2D eigenvalue weighted by molar-refractivity contribution is 0.131. The predicted molar refractivity (Wildman–Crippen MR) is 91.6 cm³/mol. The van der Waals surface area contributed by atoms with Gasteiger partial charge in [0.15, 0.2) is 0 Å². The average molecular weight is 376 g/mol. The van der Waals surface area contributed by atoms with Gasteiger partial charge in [-0.05, 0) is 23.8 Å². The van der Waals surface area contributed by atoms with E-state index in [4.69, 9.17) is 9.47 Å². The van der Waals surface area contributed by atoms with Crippen molar-refractivity contribution < 1.29 is 14.3 Å². The van der Waals surface area contributed by atoms with Crippen LogP contribution in [0.2, 0.25) is 0 Å². The molecule has 0 fully saturated rings. The van der Waals surface area contributed by atoms with Gasteiger partial charge in [-0.1, -0.05) is 53.2 Å². The van der Waals surface area contributed by atoms with E-state index in [9.17, 15) is 4.79 Å². The third kappa shape index (κ3) is 3.85. The average Bonchev–Trinajstić information content (AvgIpc) is 2.88. The minimum Gasteiger partial charge on any atom is -0.488 e. The van der Waals surface area contributed by atoms with Gasteiger partial charge in [-0.3, -0.25) is 0 Å². The lowest BCUT2D eigenvalue weighted by Gasteiger charge is -2.16. The highest BCUT2D eigenvalue weighted by molar-refractivity contribution is 9.10. The smallest absolute Gasteiger partial charge is 0.407 e. The van der Waals surface area contributed by atoms with Crippen LogP contribution in [0.25, 0.3) is 0 Å². The largest absolute Gasteiger partial charge is 0.488 e. The minimum atomic E-state index is -0.429. The van der Waals surface area contributed by atoms with Crippen molar-refractivity contribution in [3.8, 4) is 5.75 Å². The fourth-order valence-electron chi connectivity index (χ4n) is 2.62. The van der Waals surface area contributed by atoms with Crippen molar-refractivity contribution in [2.45, 2.75) is 25.6 Å². The number of alkyl carbamates (subject to hydrolysis) is 1. The molecule has 2 aromatic carbocycles. The first-order valence-corrected chi connectivity index (χ1v) is 8.33. The zero-order chi connectivity index (χ0) is 16.2. The van der Waals surface area contributed by atoms with E-state index < -0.39 is 6.09 Å². The lowest BCUT2D eigenvalue weighted by atomic mass is 9.98. The van der Waals surface area contributed by atoms with E-state index in [-0.39, 0.29) is 18.6 Å². The summed E-state index contributed by atoms with van der Waals surface area (Å²) >= 11 is 3.47. The number of hydrogen-bond acceptors (Lipinski definition) is 3. The molecule has 0 unspecified atom stereocenters. The summed E-state index contributed by atoms with van der Waals surface area (Å²) in [5.74, 6) is 1.10. The molecule has 0 aromatic heterocycles. The summed E-state index contributed by atoms with van der Waals surface area (Å²) in [5, 5.41) is 2.78. The topological polar surface area (TPSA) is 47.6 Å². The molecule has 1 N–H and O–H groups in total. The van der Waals surface area contributed by atoms with Gasteiger partial charge >= 0.3 is 6.09 Å². The minimum absolute atomic E-state index is 0.0800. The molecule has 23 heavy (non-hydrogen) atoms. The van der Waals surface area contributed by atoms with Gasteiger partial charge < -0.3 is 14.8 Å². The molecule has 2 atom stereocenters. The van der Waals surface area contributed by atoms with E-state index in [0.29, 0.717) is 6.54 Å². The number of amides is 1. The zero-order valence-corrected chi connectivity index (χ0v) is 14.4. The maximum atomic E-state index is 11.8. The maximum absolute atomic E-state index is 11.8. The molecule has 1 amide bonds. The van der Waals surface area contributed by atoms with Gasteiger partial charge in [0.05, 0.1) is 6.54 Å². The molecule has 0 saturated carbocycles. The Morgan fingerprint density at radius 2 is 2.04 bits per heavy atom. The van der Waals surface area contributed by atoms with E-state index >= 15 is 0 Å². The highest BCUT2D eigenvalue weighted by Crippen LogP contribution is 2.39. The number of hydrogen-bond donors (Lipinski definition) is 1. The van der Waals surface area contributed by atoms with Crippen LogP contribution < -0.4 is 10.1 Å². The van der Waals surface area contributed by atoms with E-state index in [2.05, 4.69) is 34.2 Å². The Labute approximate surface area is 143 Å². The molecule has 0 bridgehead atoms. The van der Waals surface area contributed by atoms with Crippen molar-refractivity contribution in [1.29, 1.82) is 0 Å². The molecule has 0 aliphatic carbocycles. The number of rotatable bonds is 4. The van der Waals surface area contributed by atoms with Crippen LogP contribution in [0.1, 0.15) is 24.0 Å². The molecule has 0 radical (unpaired) electrons. The number of benzene rings is 2. The van der Waals surface area contributed by atoms with Crippen LogP contribution >= 0.6 is 15.9 Å². The monoisotopic (exact) mass is 375 g/mol. The summed E-state index contributed by atoms with van der Waals surface area (Å²) < 4.78 is 12.1. The molecule has 0 saturated heterocycles. The number of nitrogens with one attached hydrogen (secondary N) is 1. The van der Waals surface area contributed by atoms with Crippen molar-refractivity contribution in [1.82, 2.24) is 5.32 Å². The summed E-state index contributed by atoms with van der Waals surface area (Å²) in [6.07, 6.45) is -0.509. The Hall–Kier alpha value is -2.01. The van der Waals surface area contributed by atoms with Crippen LogP contribution in [0.15, 0.2) is 53.0 Å². The third-order valence-corrected chi connectivity index (χ3v) is 4.45. The van der Waals surface area contributed by atoms with E-state index in [1.807, 2.05) is 42.5 Å². The summed E-state index contributed by atoms with van der Waals surface area (Å²) in [7, 11) is 0. The Morgan fingerprint density at radius 1 is 1.26 bits per heavy atom. The van der Waals surface area contributed by atoms with Gasteiger partial charge in [-0.15, -0.1) is 0 Å². The molecular formula is C18H18BrNO3. The highest BCUT2D eigenvalue weighted by Gasteiger charge is 2.31. The van der Waals surface area contributed by atoms with Crippen molar-refractivity contribution in [2.24, 2.45) is 0 Å². The van der Waals surface area contributed by atoms with Gasteiger partial charge in [0.2, 0.25) is 0 Å². The maximum Gasteiger partial charge on any atom is 0.407 e. The van der Waals surface area contributed by atoms with Crippen LogP contribution in [0, 0.1) is 0 Å². The Balaban J connectivity index is 1.48. The predicted octanol–water partition coefficient (Wildman–Crippen LogP) is 4.24. The highest BCUT2D eigenvalue weighted by atomic mass is 79.9. The van der Waals surface area contributed by atoms with Gasteiger partial charge in [0, 0.05) is 16.0 Å². The van der Waals surface area contributed by atoms with Crippen molar-refractivity contribution in [2.75, 3.05) is 6.54 Å². The van der Waals surface area contributed by atoms with Crippen LogP contribution in [0.3, 0.4) is 0 Å². The van der Waals surface area contributed by atoms with Crippen LogP contribution in [0.5, 0.6) is 5.75 Å². The molecular weight excluding hydrogens is 358 g/mol. The van der Waals surface area contributed by atoms with Gasteiger partial charge in [-0.25, -0.2) is 4.79 Å². The van der Waals surface area contributed by atoms with E-state index in [1.165, 1.54) is 0 Å². The number of fused-ring (bicyclic) bond motifs is 1. The lowest BCUT2D eigenvalue weighted by Crippen LogP contribution is -2.36. The van der Waals surface area contributed by atoms with E-state index in [1.54, 1.807) is 0 Å². The summed E-state index contributed by atoms with van der Waals surface area (Å²) in [4.78, 5) is 11.8. The molecule has 4 nitrogen and oxygen atoms in total. The first-order valence-electron chi connectivity index (χ1n) is 7.54. The fraction of sp³-hybridized carbons (Fsp3) is 0.278. The molecule has 5 heteroatoms. The third-order valence-electron chi connectivity index (χ3n) is 3.96. The quantitative estimate of drug-likeness (QED) is 0.868.